The number of halogens is 1. The van der Waals surface area contributed by atoms with Gasteiger partial charge in [-0.3, -0.25) is 4.79 Å². The number of rotatable bonds is 7. The van der Waals surface area contributed by atoms with Gasteiger partial charge in [0.15, 0.2) is 0 Å². The molecule has 1 aromatic heterocycles. The monoisotopic (exact) mass is 457 g/mol. The van der Waals surface area contributed by atoms with E-state index in [9.17, 15) is 14.0 Å². The summed E-state index contributed by atoms with van der Waals surface area (Å²) < 4.78 is 15.5. The van der Waals surface area contributed by atoms with Crippen LogP contribution in [0, 0.1) is 5.82 Å². The Hall–Kier alpha value is -4.46. The first-order valence-corrected chi connectivity index (χ1v) is 10.9. The minimum atomic E-state index is -0.565. The minimum absolute atomic E-state index is 0.0565. The van der Waals surface area contributed by atoms with Crippen molar-refractivity contribution in [1.82, 2.24) is 14.7 Å². The molecule has 3 amide bonds. The predicted molar refractivity (Wildman–Crippen MR) is 130 cm³/mol. The fourth-order valence-electron chi connectivity index (χ4n) is 3.43. The van der Waals surface area contributed by atoms with Crippen molar-refractivity contribution < 1.29 is 14.0 Å². The third-order valence-corrected chi connectivity index (χ3v) is 5.17. The summed E-state index contributed by atoms with van der Waals surface area (Å²) in [4.78, 5) is 26.8. The van der Waals surface area contributed by atoms with E-state index in [1.807, 2.05) is 60.7 Å². The Morgan fingerprint density at radius 2 is 1.56 bits per heavy atom. The van der Waals surface area contributed by atoms with E-state index in [1.54, 1.807) is 23.7 Å². The maximum atomic E-state index is 13.9. The number of para-hydroxylation sites is 2. The number of aromatic nitrogens is 2. The molecule has 34 heavy (non-hydrogen) atoms. The van der Waals surface area contributed by atoms with Crippen LogP contribution in [0.15, 0.2) is 91.0 Å². The smallest absolute Gasteiger partial charge is 0.315 e. The van der Waals surface area contributed by atoms with Crippen LogP contribution in [0.25, 0.3) is 16.9 Å². The van der Waals surface area contributed by atoms with Crippen molar-refractivity contribution in [3.63, 3.8) is 0 Å². The number of urea groups is 1. The Kier molecular flexibility index (Phi) is 6.98. The van der Waals surface area contributed by atoms with E-state index in [4.69, 9.17) is 0 Å². The molecular weight excluding hydrogens is 433 g/mol. The van der Waals surface area contributed by atoms with Crippen LogP contribution >= 0.6 is 0 Å². The molecular formula is C26H24FN5O2. The molecule has 0 unspecified atom stereocenters. The van der Waals surface area contributed by atoms with Crippen molar-refractivity contribution in [1.29, 1.82) is 0 Å². The molecule has 0 atom stereocenters. The summed E-state index contributed by atoms with van der Waals surface area (Å²) >= 11 is 0. The van der Waals surface area contributed by atoms with Crippen LogP contribution in [-0.4, -0.2) is 39.7 Å². The molecule has 0 radical (unpaired) electrons. The lowest BCUT2D eigenvalue weighted by Gasteiger charge is -2.21. The van der Waals surface area contributed by atoms with Crippen molar-refractivity contribution in [2.45, 2.75) is 6.92 Å². The van der Waals surface area contributed by atoms with E-state index in [1.165, 1.54) is 23.1 Å². The third kappa shape index (κ3) is 5.29. The van der Waals surface area contributed by atoms with Gasteiger partial charge in [0.1, 0.15) is 18.2 Å². The molecule has 0 aliphatic rings. The maximum absolute atomic E-state index is 13.9. The molecule has 0 aliphatic carbocycles. The van der Waals surface area contributed by atoms with Crippen molar-refractivity contribution in [3.8, 4) is 16.9 Å². The highest BCUT2D eigenvalue weighted by Gasteiger charge is 2.19. The van der Waals surface area contributed by atoms with Crippen molar-refractivity contribution in [2.24, 2.45) is 0 Å². The first kappa shape index (κ1) is 22.7. The Balaban J connectivity index is 1.53. The molecule has 8 heteroatoms. The molecule has 0 fully saturated rings. The highest BCUT2D eigenvalue weighted by Crippen LogP contribution is 2.24. The summed E-state index contributed by atoms with van der Waals surface area (Å²) in [5, 5.41) is 10.0. The predicted octanol–water partition coefficient (Wildman–Crippen LogP) is 5.17. The van der Waals surface area contributed by atoms with Gasteiger partial charge in [0, 0.05) is 18.2 Å². The van der Waals surface area contributed by atoms with Crippen molar-refractivity contribution in [2.75, 3.05) is 23.7 Å². The normalized spacial score (nSPS) is 10.5. The summed E-state index contributed by atoms with van der Waals surface area (Å²) in [5.74, 6) is -0.473. The van der Waals surface area contributed by atoms with Crippen LogP contribution in [0.1, 0.15) is 6.92 Å². The van der Waals surface area contributed by atoms with Gasteiger partial charge in [-0.2, -0.15) is 5.10 Å². The van der Waals surface area contributed by atoms with E-state index >= 15 is 0 Å². The molecule has 1 heterocycles. The quantitative estimate of drug-likeness (QED) is 0.402. The van der Waals surface area contributed by atoms with Gasteiger partial charge >= 0.3 is 6.03 Å². The van der Waals surface area contributed by atoms with Crippen LogP contribution in [-0.2, 0) is 4.79 Å². The number of amides is 3. The zero-order valence-corrected chi connectivity index (χ0v) is 18.6. The Morgan fingerprint density at radius 1 is 0.912 bits per heavy atom. The molecule has 0 saturated heterocycles. The van der Waals surface area contributed by atoms with Crippen LogP contribution in [0.5, 0.6) is 0 Å². The molecule has 0 saturated carbocycles. The molecule has 7 nitrogen and oxygen atoms in total. The fraction of sp³-hybridized carbons (Fsp3) is 0.115. The SMILES string of the molecule is CCN(CC(=O)Nc1cc(-c2ccccc2)nn1-c1ccccc1)C(=O)Nc1ccccc1F. The number of nitrogens with one attached hydrogen (secondary N) is 2. The Bertz CT molecular complexity index is 1270. The van der Waals surface area contributed by atoms with Gasteiger partial charge in [-0.05, 0) is 31.2 Å². The number of nitrogens with zero attached hydrogens (tertiary/aromatic N) is 3. The average molecular weight is 458 g/mol. The second kappa shape index (κ2) is 10.4. The second-order valence-corrected chi connectivity index (χ2v) is 7.50. The molecule has 2 N–H and O–H groups in total. The number of likely N-dealkylation sites (N-methyl/N-ethyl adjacent to an activating group) is 1. The third-order valence-electron chi connectivity index (χ3n) is 5.17. The van der Waals surface area contributed by atoms with E-state index < -0.39 is 17.8 Å². The largest absolute Gasteiger partial charge is 0.322 e. The molecule has 0 spiro atoms. The van der Waals surface area contributed by atoms with Gasteiger partial charge in [0.25, 0.3) is 0 Å². The van der Waals surface area contributed by atoms with Gasteiger partial charge in [-0.1, -0.05) is 60.7 Å². The lowest BCUT2D eigenvalue weighted by molar-refractivity contribution is -0.116. The minimum Gasteiger partial charge on any atom is -0.315 e. The van der Waals surface area contributed by atoms with E-state index in [2.05, 4.69) is 15.7 Å². The van der Waals surface area contributed by atoms with E-state index in [0.29, 0.717) is 11.5 Å². The van der Waals surface area contributed by atoms with E-state index in [-0.39, 0.29) is 18.8 Å². The topological polar surface area (TPSA) is 79.3 Å². The first-order valence-electron chi connectivity index (χ1n) is 10.9. The van der Waals surface area contributed by atoms with Crippen molar-refractivity contribution in [3.05, 3.63) is 96.8 Å². The summed E-state index contributed by atoms with van der Waals surface area (Å²) in [6.45, 7) is 1.80. The summed E-state index contributed by atoms with van der Waals surface area (Å²) in [7, 11) is 0. The molecule has 0 aliphatic heterocycles. The number of anilines is 2. The molecule has 4 aromatic rings. The fourth-order valence-corrected chi connectivity index (χ4v) is 3.43. The number of benzene rings is 3. The van der Waals surface area contributed by atoms with Gasteiger partial charge in [0.05, 0.1) is 17.1 Å². The summed E-state index contributed by atoms with van der Waals surface area (Å²) in [6, 6.07) is 26.2. The van der Waals surface area contributed by atoms with Gasteiger partial charge in [0.2, 0.25) is 5.91 Å². The molecule has 3 aromatic carbocycles. The standard InChI is InChI=1S/C26H24FN5O2/c1-2-31(26(34)28-22-16-10-9-15-21(22)27)18-25(33)29-24-17-23(19-11-5-3-6-12-19)30-32(24)20-13-7-4-8-14-20/h3-17H,2,18H2,1H3,(H,28,34)(H,29,33). The Morgan fingerprint density at radius 3 is 2.24 bits per heavy atom. The van der Waals surface area contributed by atoms with Gasteiger partial charge in [-0.15, -0.1) is 0 Å². The number of hydrogen-bond acceptors (Lipinski definition) is 3. The average Bonchev–Trinajstić information content (AvgIpc) is 3.28. The van der Waals surface area contributed by atoms with E-state index in [0.717, 1.165) is 11.3 Å². The first-order chi connectivity index (χ1) is 16.5. The number of hydrogen-bond donors (Lipinski definition) is 2. The van der Waals surface area contributed by atoms with Crippen molar-refractivity contribution >= 4 is 23.4 Å². The highest BCUT2D eigenvalue weighted by atomic mass is 19.1. The summed E-state index contributed by atoms with van der Waals surface area (Å²) in [6.07, 6.45) is 0. The van der Waals surface area contributed by atoms with Crippen LogP contribution in [0.2, 0.25) is 0 Å². The number of carbonyl (C=O) groups is 2. The maximum Gasteiger partial charge on any atom is 0.322 e. The van der Waals surface area contributed by atoms with Crippen LogP contribution in [0.4, 0.5) is 20.7 Å². The zero-order valence-electron chi connectivity index (χ0n) is 18.6. The molecule has 172 valence electrons. The second-order valence-electron chi connectivity index (χ2n) is 7.50. The zero-order chi connectivity index (χ0) is 23.9. The Labute approximate surface area is 196 Å². The molecule has 0 bridgehead atoms. The van der Waals surface area contributed by atoms with Gasteiger partial charge in [-0.25, -0.2) is 13.9 Å². The van der Waals surface area contributed by atoms with Gasteiger partial charge < -0.3 is 15.5 Å². The lowest BCUT2D eigenvalue weighted by atomic mass is 10.1. The number of carbonyl (C=O) groups excluding carboxylic acids is 2. The summed E-state index contributed by atoms with van der Waals surface area (Å²) in [5.41, 5.74) is 2.45. The lowest BCUT2D eigenvalue weighted by Crippen LogP contribution is -2.40. The molecule has 4 rings (SSSR count). The van der Waals surface area contributed by atoms with Crippen LogP contribution in [0.3, 0.4) is 0 Å². The van der Waals surface area contributed by atoms with Crippen LogP contribution < -0.4 is 10.6 Å². The highest BCUT2D eigenvalue weighted by molar-refractivity contribution is 5.97.